The highest BCUT2D eigenvalue weighted by molar-refractivity contribution is 6.29. The zero-order chi connectivity index (χ0) is 33.2. The van der Waals surface area contributed by atoms with Gasteiger partial charge in [0, 0.05) is 18.7 Å². The van der Waals surface area contributed by atoms with Crippen LogP contribution >= 0.6 is 11.6 Å². The number of carbonyl (C=O) groups is 2. The number of pyridine rings is 2. The molecule has 0 spiro atoms. The molecule has 0 atom stereocenters. The Morgan fingerprint density at radius 2 is 1.27 bits per heavy atom. The van der Waals surface area contributed by atoms with Crippen LogP contribution in [0.15, 0.2) is 48.5 Å². The molecule has 0 fully saturated rings. The first-order chi connectivity index (χ1) is 20.9. The molecule has 2 aliphatic heterocycles. The van der Waals surface area contributed by atoms with E-state index in [0.29, 0.717) is 41.1 Å². The molecule has 242 valence electrons. The number of halogens is 4. The number of aromatic nitrogens is 2. The van der Waals surface area contributed by atoms with Crippen LogP contribution in [-0.2, 0) is 28.5 Å². The van der Waals surface area contributed by atoms with Crippen molar-refractivity contribution in [2.75, 3.05) is 22.9 Å². The van der Waals surface area contributed by atoms with Gasteiger partial charge in [-0.1, -0.05) is 35.9 Å². The maximum Gasteiger partial charge on any atom is 0.416 e. The number of alkyl halides is 3. The number of fused-ring (bicyclic) bond motifs is 2. The number of hydrogen-bond donors (Lipinski definition) is 0. The first kappa shape index (κ1) is 34.0. The van der Waals surface area contributed by atoms with Crippen molar-refractivity contribution in [2.45, 2.75) is 84.6 Å². The van der Waals surface area contributed by atoms with Crippen LogP contribution in [-0.4, -0.2) is 46.4 Å². The van der Waals surface area contributed by atoms with Crippen molar-refractivity contribution >= 4 is 35.4 Å². The first-order valence-corrected chi connectivity index (χ1v) is 15.1. The topological polar surface area (TPSA) is 84.9 Å². The summed E-state index contributed by atoms with van der Waals surface area (Å²) in [6.07, 6.45) is -1.93. The van der Waals surface area contributed by atoms with Crippen molar-refractivity contribution in [1.82, 2.24) is 9.97 Å². The monoisotopic (exact) mass is 646 g/mol. The third-order valence-electron chi connectivity index (χ3n) is 6.76. The van der Waals surface area contributed by atoms with Gasteiger partial charge in [0.1, 0.15) is 28.0 Å². The predicted octanol–water partition coefficient (Wildman–Crippen LogP) is 8.88. The maximum atomic E-state index is 13.0. The summed E-state index contributed by atoms with van der Waals surface area (Å²) in [7, 11) is 0. The molecular formula is C33H38ClF3N4O4. The van der Waals surface area contributed by atoms with Crippen LogP contribution in [0.4, 0.5) is 34.4 Å². The Morgan fingerprint density at radius 1 is 0.756 bits per heavy atom. The van der Waals surface area contributed by atoms with Gasteiger partial charge in [-0.15, -0.1) is 0 Å². The van der Waals surface area contributed by atoms with Crippen LogP contribution in [0, 0.1) is 0 Å². The van der Waals surface area contributed by atoms with Crippen molar-refractivity contribution in [2.24, 2.45) is 0 Å². The number of carbonyl (C=O) groups excluding carboxylic acids is 2. The molecule has 2 aromatic heterocycles. The van der Waals surface area contributed by atoms with E-state index in [0.717, 1.165) is 48.9 Å². The van der Waals surface area contributed by atoms with Crippen molar-refractivity contribution in [3.63, 3.8) is 0 Å². The Morgan fingerprint density at radius 3 is 1.78 bits per heavy atom. The largest absolute Gasteiger partial charge is 0.443 e. The summed E-state index contributed by atoms with van der Waals surface area (Å²) < 4.78 is 49.8. The van der Waals surface area contributed by atoms with Crippen LogP contribution in [0.1, 0.15) is 71.1 Å². The number of aryl methyl sites for hydroxylation is 2. The zero-order valence-corrected chi connectivity index (χ0v) is 27.1. The van der Waals surface area contributed by atoms with Gasteiger partial charge in [0.25, 0.3) is 0 Å². The van der Waals surface area contributed by atoms with Crippen molar-refractivity contribution in [3.05, 3.63) is 70.4 Å². The molecular weight excluding hydrogens is 609 g/mol. The summed E-state index contributed by atoms with van der Waals surface area (Å²) in [6.45, 7) is 12.0. The smallest absolute Gasteiger partial charge is 0.416 e. The zero-order valence-electron chi connectivity index (χ0n) is 26.3. The van der Waals surface area contributed by atoms with Gasteiger partial charge >= 0.3 is 18.4 Å². The molecule has 4 heterocycles. The molecule has 0 aliphatic carbocycles. The highest BCUT2D eigenvalue weighted by atomic mass is 35.5. The predicted molar refractivity (Wildman–Crippen MR) is 168 cm³/mol. The Kier molecular flexibility index (Phi) is 10.0. The van der Waals surface area contributed by atoms with Gasteiger partial charge in [-0.25, -0.2) is 19.6 Å². The van der Waals surface area contributed by atoms with Crippen LogP contribution < -0.4 is 9.80 Å². The second-order valence-electron chi connectivity index (χ2n) is 12.8. The van der Waals surface area contributed by atoms with Gasteiger partial charge in [0.2, 0.25) is 0 Å². The second kappa shape index (κ2) is 13.2. The van der Waals surface area contributed by atoms with E-state index < -0.39 is 29.0 Å². The fourth-order valence-corrected chi connectivity index (χ4v) is 5.00. The van der Waals surface area contributed by atoms with Crippen LogP contribution in [0.2, 0.25) is 5.15 Å². The number of nitrogens with zero attached hydrogens (tertiary/aromatic N) is 4. The second-order valence-corrected chi connectivity index (χ2v) is 13.2. The fraction of sp³-hybridized carbons (Fsp3) is 0.455. The highest BCUT2D eigenvalue weighted by Gasteiger charge is 2.32. The van der Waals surface area contributed by atoms with Crippen molar-refractivity contribution < 1.29 is 32.2 Å². The van der Waals surface area contributed by atoms with Gasteiger partial charge in [-0.3, -0.25) is 9.80 Å². The Hall–Kier alpha value is -3.86. The van der Waals surface area contributed by atoms with Gasteiger partial charge in [0.05, 0.1) is 11.3 Å². The number of hydrogen-bond acceptors (Lipinski definition) is 6. The van der Waals surface area contributed by atoms with Gasteiger partial charge < -0.3 is 9.47 Å². The summed E-state index contributed by atoms with van der Waals surface area (Å²) in [5, 5.41) is 0.393. The summed E-state index contributed by atoms with van der Waals surface area (Å²) in [6, 6.07) is 12.2. The molecule has 0 N–H and O–H groups in total. The minimum Gasteiger partial charge on any atom is -0.443 e. The molecule has 12 heteroatoms. The van der Waals surface area contributed by atoms with E-state index in [4.69, 9.17) is 21.1 Å². The third-order valence-corrected chi connectivity index (χ3v) is 6.97. The average Bonchev–Trinajstić information content (AvgIpc) is 2.94. The molecule has 1 aromatic carbocycles. The lowest BCUT2D eigenvalue weighted by molar-refractivity contribution is -0.137. The summed E-state index contributed by atoms with van der Waals surface area (Å²) in [4.78, 5) is 36.4. The standard InChI is InChI=1S/C20H21F3N2O2.C13H17ClN2O2/c1-19(2,3)27-18(26)25-11-5-7-13-9-10-16(24-17(13)25)14-6-4-8-15(12-14)20(21,22)23;1-13(2,3)18-12(17)16-8-4-5-9-6-7-10(14)15-11(9)16/h4,6,8-10,12H,5,7,11H2,1-3H3;6-7H,4-5,8H2,1-3H3. The molecule has 0 radical (unpaired) electrons. The third kappa shape index (κ3) is 9.09. The molecule has 0 unspecified atom stereocenters. The minimum absolute atomic E-state index is 0.349. The van der Waals surface area contributed by atoms with E-state index in [9.17, 15) is 22.8 Å². The molecule has 0 saturated heterocycles. The van der Waals surface area contributed by atoms with Gasteiger partial charge in [-0.2, -0.15) is 13.2 Å². The molecule has 2 amide bonds. The number of amides is 2. The first-order valence-electron chi connectivity index (χ1n) is 14.8. The molecule has 3 aromatic rings. The van der Waals surface area contributed by atoms with E-state index >= 15 is 0 Å². The summed E-state index contributed by atoms with van der Waals surface area (Å²) >= 11 is 5.89. The van der Waals surface area contributed by atoms with E-state index in [1.807, 2.05) is 32.9 Å². The highest BCUT2D eigenvalue weighted by Crippen LogP contribution is 2.34. The minimum atomic E-state index is -4.42. The molecule has 0 bridgehead atoms. The van der Waals surface area contributed by atoms with Crippen LogP contribution in [0.3, 0.4) is 0 Å². The normalized spacial score (nSPS) is 14.9. The average molecular weight is 647 g/mol. The van der Waals surface area contributed by atoms with E-state index in [-0.39, 0.29) is 6.09 Å². The molecule has 0 saturated carbocycles. The quantitative estimate of drug-likeness (QED) is 0.246. The summed E-state index contributed by atoms with van der Waals surface area (Å²) in [5.41, 5.74) is 0.765. The number of ether oxygens (including phenoxy) is 2. The number of benzene rings is 1. The lowest BCUT2D eigenvalue weighted by Gasteiger charge is -2.31. The maximum absolute atomic E-state index is 13.0. The van der Waals surface area contributed by atoms with E-state index in [2.05, 4.69) is 9.97 Å². The van der Waals surface area contributed by atoms with Crippen molar-refractivity contribution in [1.29, 1.82) is 0 Å². The van der Waals surface area contributed by atoms with Gasteiger partial charge in [0.15, 0.2) is 0 Å². The fourth-order valence-electron chi connectivity index (χ4n) is 4.86. The van der Waals surface area contributed by atoms with Crippen LogP contribution in [0.25, 0.3) is 11.3 Å². The lowest BCUT2D eigenvalue weighted by Crippen LogP contribution is -2.40. The number of rotatable bonds is 1. The van der Waals surface area contributed by atoms with Crippen molar-refractivity contribution in [3.8, 4) is 11.3 Å². The lowest BCUT2D eigenvalue weighted by atomic mass is 10.0. The summed E-state index contributed by atoms with van der Waals surface area (Å²) in [5.74, 6) is 1.08. The van der Waals surface area contributed by atoms with Gasteiger partial charge in [-0.05, 0) is 103 Å². The molecule has 8 nitrogen and oxygen atoms in total. The van der Waals surface area contributed by atoms with E-state index in [1.165, 1.54) is 11.0 Å². The molecule has 5 rings (SSSR count). The van der Waals surface area contributed by atoms with E-state index in [1.54, 1.807) is 43.9 Å². The SMILES string of the molecule is CC(C)(C)OC(=O)N1CCCc2ccc(-c3cccc(C(F)(F)F)c3)nc21.CC(C)(C)OC(=O)N1CCCc2ccc(Cl)nc21. The molecule has 45 heavy (non-hydrogen) atoms. The number of anilines is 2. The molecule has 2 aliphatic rings. The Bertz CT molecular complexity index is 1550. The Labute approximate surface area is 266 Å². The Balaban J connectivity index is 0.000000222. The van der Waals surface area contributed by atoms with Crippen LogP contribution in [0.5, 0.6) is 0 Å².